The molecule has 0 saturated carbocycles. The summed E-state index contributed by atoms with van der Waals surface area (Å²) in [6.07, 6.45) is 3.64. The van der Waals surface area contributed by atoms with Gasteiger partial charge in [-0.2, -0.15) is 0 Å². The van der Waals surface area contributed by atoms with Crippen molar-refractivity contribution in [2.45, 2.75) is 25.8 Å². The largest absolute Gasteiger partial charge is 0.503 e. The van der Waals surface area contributed by atoms with Crippen molar-refractivity contribution in [2.75, 3.05) is 26.7 Å². The molecule has 1 heterocycles. The first-order chi connectivity index (χ1) is 9.63. The Hall–Kier alpha value is -0.780. The maximum Gasteiger partial charge on any atom is 0.172 e. The standard InChI is InChI=1S/C15H23BrN2O2/c1-20-14-8-12(7-13(16)15(14)19)10-18-6-2-3-11(9-18)4-5-17/h7-8,11,19H,2-6,9-10,17H2,1H3. The molecule has 20 heavy (non-hydrogen) atoms. The molecule has 2 rings (SSSR count). The highest BCUT2D eigenvalue weighted by Gasteiger charge is 2.20. The molecule has 1 aliphatic heterocycles. The zero-order valence-electron chi connectivity index (χ0n) is 11.9. The van der Waals surface area contributed by atoms with E-state index in [4.69, 9.17) is 10.5 Å². The summed E-state index contributed by atoms with van der Waals surface area (Å²) in [6.45, 7) is 3.90. The lowest BCUT2D eigenvalue weighted by atomic mass is 9.94. The smallest absolute Gasteiger partial charge is 0.172 e. The molecule has 0 spiro atoms. The van der Waals surface area contributed by atoms with Gasteiger partial charge in [0, 0.05) is 13.1 Å². The van der Waals surface area contributed by atoms with Crippen LogP contribution in [0.1, 0.15) is 24.8 Å². The molecule has 112 valence electrons. The maximum absolute atomic E-state index is 9.84. The van der Waals surface area contributed by atoms with E-state index in [1.54, 1.807) is 7.11 Å². The van der Waals surface area contributed by atoms with E-state index in [-0.39, 0.29) is 5.75 Å². The Morgan fingerprint density at radius 1 is 1.50 bits per heavy atom. The minimum atomic E-state index is 0.163. The highest BCUT2D eigenvalue weighted by atomic mass is 79.9. The number of piperidine rings is 1. The van der Waals surface area contributed by atoms with Gasteiger partial charge in [-0.25, -0.2) is 0 Å². The van der Waals surface area contributed by atoms with Crippen molar-refractivity contribution in [3.8, 4) is 11.5 Å². The number of halogens is 1. The Morgan fingerprint density at radius 2 is 2.30 bits per heavy atom. The number of aromatic hydroxyl groups is 1. The molecule has 1 fully saturated rings. The molecule has 0 aliphatic carbocycles. The van der Waals surface area contributed by atoms with Gasteiger partial charge in [-0.1, -0.05) is 0 Å². The van der Waals surface area contributed by atoms with Gasteiger partial charge in [0.05, 0.1) is 11.6 Å². The van der Waals surface area contributed by atoms with Crippen LogP contribution in [0, 0.1) is 5.92 Å². The molecule has 0 aromatic heterocycles. The van der Waals surface area contributed by atoms with Crippen LogP contribution >= 0.6 is 15.9 Å². The molecule has 1 aliphatic rings. The van der Waals surface area contributed by atoms with Crippen molar-refractivity contribution >= 4 is 15.9 Å². The Labute approximate surface area is 129 Å². The number of phenolic OH excluding ortho intramolecular Hbond substituents is 1. The van der Waals surface area contributed by atoms with Gasteiger partial charge in [0.25, 0.3) is 0 Å². The van der Waals surface area contributed by atoms with Crippen LogP contribution in [0.3, 0.4) is 0 Å². The van der Waals surface area contributed by atoms with Crippen LogP contribution in [0.15, 0.2) is 16.6 Å². The van der Waals surface area contributed by atoms with Gasteiger partial charge in [0.2, 0.25) is 0 Å². The normalized spacial score (nSPS) is 20.1. The minimum Gasteiger partial charge on any atom is -0.503 e. The van der Waals surface area contributed by atoms with E-state index < -0.39 is 0 Å². The fraction of sp³-hybridized carbons (Fsp3) is 0.600. The number of nitrogens with zero attached hydrogens (tertiary/aromatic N) is 1. The molecule has 1 aromatic carbocycles. The number of benzene rings is 1. The summed E-state index contributed by atoms with van der Waals surface area (Å²) in [4.78, 5) is 2.46. The summed E-state index contributed by atoms with van der Waals surface area (Å²) in [6, 6.07) is 3.87. The first-order valence-corrected chi connectivity index (χ1v) is 7.91. The first-order valence-electron chi connectivity index (χ1n) is 7.11. The summed E-state index contributed by atoms with van der Waals surface area (Å²) in [7, 11) is 1.57. The summed E-state index contributed by atoms with van der Waals surface area (Å²) in [5.74, 6) is 1.40. The van der Waals surface area contributed by atoms with Crippen molar-refractivity contribution in [1.82, 2.24) is 4.90 Å². The first kappa shape index (κ1) is 15.6. The predicted octanol–water partition coefficient (Wildman–Crippen LogP) is 2.72. The SMILES string of the molecule is COc1cc(CN2CCCC(CCN)C2)cc(Br)c1O. The van der Waals surface area contributed by atoms with Crippen LogP contribution < -0.4 is 10.5 Å². The van der Waals surface area contributed by atoms with E-state index in [0.29, 0.717) is 10.2 Å². The van der Waals surface area contributed by atoms with Gasteiger partial charge in [0.15, 0.2) is 11.5 Å². The molecule has 1 atom stereocenters. The van der Waals surface area contributed by atoms with Crippen molar-refractivity contribution in [3.05, 3.63) is 22.2 Å². The second kappa shape index (κ2) is 7.29. The average molecular weight is 343 g/mol. The number of rotatable bonds is 5. The second-order valence-electron chi connectivity index (χ2n) is 5.45. The van der Waals surface area contributed by atoms with Crippen LogP contribution in [0.4, 0.5) is 0 Å². The Morgan fingerprint density at radius 3 is 3.00 bits per heavy atom. The van der Waals surface area contributed by atoms with Crippen molar-refractivity contribution in [1.29, 1.82) is 0 Å². The topological polar surface area (TPSA) is 58.7 Å². The quantitative estimate of drug-likeness (QED) is 0.863. The zero-order chi connectivity index (χ0) is 14.5. The van der Waals surface area contributed by atoms with Gasteiger partial charge in [0.1, 0.15) is 0 Å². The fourth-order valence-electron chi connectivity index (χ4n) is 2.90. The Bertz CT molecular complexity index is 452. The van der Waals surface area contributed by atoms with Gasteiger partial charge in [-0.05, 0) is 71.9 Å². The second-order valence-corrected chi connectivity index (χ2v) is 6.30. The van der Waals surface area contributed by atoms with E-state index in [0.717, 1.165) is 44.1 Å². The fourth-order valence-corrected chi connectivity index (χ4v) is 3.39. The molecule has 5 heteroatoms. The van der Waals surface area contributed by atoms with Gasteiger partial charge in [-0.3, -0.25) is 4.90 Å². The van der Waals surface area contributed by atoms with Crippen molar-refractivity contribution in [2.24, 2.45) is 11.7 Å². The van der Waals surface area contributed by atoms with Gasteiger partial charge < -0.3 is 15.6 Å². The van der Waals surface area contributed by atoms with Crippen molar-refractivity contribution in [3.63, 3.8) is 0 Å². The molecule has 1 unspecified atom stereocenters. The summed E-state index contributed by atoms with van der Waals surface area (Å²) < 4.78 is 5.88. The van der Waals surface area contributed by atoms with Crippen LogP contribution in [-0.4, -0.2) is 36.8 Å². The van der Waals surface area contributed by atoms with E-state index in [2.05, 4.69) is 20.8 Å². The van der Waals surface area contributed by atoms with E-state index in [1.165, 1.54) is 12.8 Å². The lowest BCUT2D eigenvalue weighted by molar-refractivity contribution is 0.163. The summed E-state index contributed by atoms with van der Waals surface area (Å²) >= 11 is 3.37. The summed E-state index contributed by atoms with van der Waals surface area (Å²) in [5.41, 5.74) is 6.82. The van der Waals surface area contributed by atoms with Crippen LogP contribution in [0.5, 0.6) is 11.5 Å². The van der Waals surface area contributed by atoms with E-state index in [9.17, 15) is 5.11 Å². The Balaban J connectivity index is 2.04. The van der Waals surface area contributed by atoms with Gasteiger partial charge >= 0.3 is 0 Å². The molecule has 1 aromatic rings. The number of nitrogens with two attached hydrogens (primary N) is 1. The maximum atomic E-state index is 9.84. The highest BCUT2D eigenvalue weighted by Crippen LogP contribution is 2.35. The molecular formula is C15H23BrN2O2. The van der Waals surface area contributed by atoms with Gasteiger partial charge in [-0.15, -0.1) is 0 Å². The lowest BCUT2D eigenvalue weighted by Gasteiger charge is -2.32. The number of hydrogen-bond donors (Lipinski definition) is 2. The van der Waals surface area contributed by atoms with E-state index >= 15 is 0 Å². The van der Waals surface area contributed by atoms with Crippen LogP contribution in [0.2, 0.25) is 0 Å². The third-order valence-electron chi connectivity index (χ3n) is 3.89. The third-order valence-corrected chi connectivity index (χ3v) is 4.50. The monoisotopic (exact) mass is 342 g/mol. The highest BCUT2D eigenvalue weighted by molar-refractivity contribution is 9.10. The molecule has 3 N–H and O–H groups in total. The molecular weight excluding hydrogens is 320 g/mol. The van der Waals surface area contributed by atoms with Crippen LogP contribution in [0.25, 0.3) is 0 Å². The number of ether oxygens (including phenoxy) is 1. The van der Waals surface area contributed by atoms with Crippen molar-refractivity contribution < 1.29 is 9.84 Å². The van der Waals surface area contributed by atoms with E-state index in [1.807, 2.05) is 12.1 Å². The molecule has 0 radical (unpaired) electrons. The number of hydrogen-bond acceptors (Lipinski definition) is 4. The molecule has 1 saturated heterocycles. The average Bonchev–Trinajstić information content (AvgIpc) is 2.43. The lowest BCUT2D eigenvalue weighted by Crippen LogP contribution is -2.35. The third kappa shape index (κ3) is 3.87. The molecule has 0 amide bonds. The summed E-state index contributed by atoms with van der Waals surface area (Å²) in [5, 5.41) is 9.84. The minimum absolute atomic E-state index is 0.163. The molecule has 4 nitrogen and oxygen atoms in total. The molecule has 0 bridgehead atoms. The predicted molar refractivity (Wildman–Crippen MR) is 84.0 cm³/mol. The number of likely N-dealkylation sites (tertiary alicyclic amines) is 1. The Kier molecular flexibility index (Phi) is 5.69. The number of phenols is 1. The zero-order valence-corrected chi connectivity index (χ0v) is 13.5. The number of methoxy groups -OCH3 is 1. The van der Waals surface area contributed by atoms with Crippen LogP contribution in [-0.2, 0) is 6.54 Å².